The Morgan fingerprint density at radius 2 is 1.71 bits per heavy atom. The second kappa shape index (κ2) is 10.6. The van der Waals surface area contributed by atoms with Crippen LogP contribution in [0.15, 0.2) is 59.8 Å². The van der Waals surface area contributed by atoms with E-state index in [0.29, 0.717) is 32.1 Å². The molecule has 6 nitrogen and oxygen atoms in total. The summed E-state index contributed by atoms with van der Waals surface area (Å²) < 4.78 is 7.44. The highest BCUT2D eigenvalue weighted by molar-refractivity contribution is 7.99. The average molecular weight is 437 g/mol. The number of aromatic nitrogens is 3. The number of morpholine rings is 1. The van der Waals surface area contributed by atoms with E-state index in [1.54, 1.807) is 0 Å². The summed E-state index contributed by atoms with van der Waals surface area (Å²) in [5.74, 6) is 1.38. The molecule has 2 heterocycles. The van der Waals surface area contributed by atoms with E-state index >= 15 is 0 Å². The number of ether oxygens (including phenoxy) is 1. The monoisotopic (exact) mass is 436 g/mol. The minimum atomic E-state index is 0.120. The SMILES string of the molecule is CCc1ccc(-n2c(CCc3ccccc3)nnc2SCC(=O)N2CCOCC2)cc1. The third-order valence-corrected chi connectivity index (χ3v) is 6.39. The van der Waals surface area contributed by atoms with Gasteiger partial charge in [0, 0.05) is 25.2 Å². The van der Waals surface area contributed by atoms with Crippen molar-refractivity contribution in [3.8, 4) is 5.69 Å². The molecule has 1 fully saturated rings. The van der Waals surface area contributed by atoms with Gasteiger partial charge in [0.1, 0.15) is 5.82 Å². The van der Waals surface area contributed by atoms with Crippen LogP contribution >= 0.6 is 11.8 Å². The highest BCUT2D eigenvalue weighted by atomic mass is 32.2. The minimum Gasteiger partial charge on any atom is -0.378 e. The van der Waals surface area contributed by atoms with Crippen LogP contribution in [0.3, 0.4) is 0 Å². The molecule has 3 aromatic rings. The molecular formula is C24H28N4O2S. The molecule has 1 aliphatic rings. The van der Waals surface area contributed by atoms with E-state index in [1.165, 1.54) is 22.9 Å². The third kappa shape index (κ3) is 5.54. The largest absolute Gasteiger partial charge is 0.378 e. The number of carbonyl (C=O) groups excluding carboxylic acids is 1. The summed E-state index contributed by atoms with van der Waals surface area (Å²) in [6.07, 6.45) is 2.67. The van der Waals surface area contributed by atoms with Gasteiger partial charge < -0.3 is 9.64 Å². The highest BCUT2D eigenvalue weighted by Gasteiger charge is 2.20. The van der Waals surface area contributed by atoms with Gasteiger partial charge in [0.05, 0.1) is 19.0 Å². The number of hydrogen-bond donors (Lipinski definition) is 0. The molecule has 0 spiro atoms. The van der Waals surface area contributed by atoms with E-state index in [4.69, 9.17) is 4.74 Å². The van der Waals surface area contributed by atoms with Gasteiger partial charge in [-0.15, -0.1) is 10.2 Å². The van der Waals surface area contributed by atoms with E-state index in [-0.39, 0.29) is 5.91 Å². The fraction of sp³-hybridized carbons (Fsp3) is 0.375. The molecule has 2 aromatic carbocycles. The summed E-state index contributed by atoms with van der Waals surface area (Å²) in [7, 11) is 0. The number of thioether (sulfide) groups is 1. The highest BCUT2D eigenvalue weighted by Crippen LogP contribution is 2.24. The molecule has 0 unspecified atom stereocenters. The Balaban J connectivity index is 1.53. The number of aryl methyl sites for hydroxylation is 3. The van der Waals surface area contributed by atoms with Gasteiger partial charge in [-0.25, -0.2) is 0 Å². The normalized spacial score (nSPS) is 14.0. The summed E-state index contributed by atoms with van der Waals surface area (Å²) in [4.78, 5) is 14.5. The Labute approximate surface area is 187 Å². The lowest BCUT2D eigenvalue weighted by molar-refractivity contribution is -0.132. The van der Waals surface area contributed by atoms with Crippen molar-refractivity contribution < 1.29 is 9.53 Å². The molecule has 7 heteroatoms. The van der Waals surface area contributed by atoms with Crippen molar-refractivity contribution in [3.63, 3.8) is 0 Å². The molecule has 1 amide bonds. The van der Waals surface area contributed by atoms with Gasteiger partial charge in [-0.1, -0.05) is 61.2 Å². The number of hydrogen-bond acceptors (Lipinski definition) is 5. The lowest BCUT2D eigenvalue weighted by Gasteiger charge is -2.26. The van der Waals surface area contributed by atoms with E-state index in [0.717, 1.165) is 35.9 Å². The summed E-state index contributed by atoms with van der Waals surface area (Å²) in [6, 6.07) is 18.9. The molecule has 1 aliphatic heterocycles. The molecule has 0 atom stereocenters. The van der Waals surface area contributed by atoms with Crippen molar-refractivity contribution in [1.82, 2.24) is 19.7 Å². The first kappa shape index (κ1) is 21.6. The predicted octanol–water partition coefficient (Wildman–Crippen LogP) is 3.57. The Hall–Kier alpha value is -2.64. The maximum absolute atomic E-state index is 12.6. The number of carbonyl (C=O) groups is 1. The van der Waals surface area contributed by atoms with Crippen LogP contribution in [0.1, 0.15) is 23.9 Å². The van der Waals surface area contributed by atoms with E-state index in [1.807, 2.05) is 11.0 Å². The van der Waals surface area contributed by atoms with Crippen molar-refractivity contribution in [1.29, 1.82) is 0 Å². The summed E-state index contributed by atoms with van der Waals surface area (Å²) in [5.41, 5.74) is 3.60. The Morgan fingerprint density at radius 3 is 2.42 bits per heavy atom. The summed E-state index contributed by atoms with van der Waals surface area (Å²) in [5, 5.41) is 9.69. The van der Waals surface area contributed by atoms with Crippen molar-refractivity contribution in [2.45, 2.75) is 31.3 Å². The van der Waals surface area contributed by atoms with Crippen molar-refractivity contribution >= 4 is 17.7 Å². The number of nitrogens with zero attached hydrogens (tertiary/aromatic N) is 4. The number of benzene rings is 2. The van der Waals surface area contributed by atoms with Crippen LogP contribution in [0.4, 0.5) is 0 Å². The molecule has 0 radical (unpaired) electrons. The molecular weight excluding hydrogens is 408 g/mol. The fourth-order valence-corrected chi connectivity index (χ4v) is 4.50. The maximum atomic E-state index is 12.6. The van der Waals surface area contributed by atoms with E-state index in [9.17, 15) is 4.79 Å². The van der Waals surface area contributed by atoms with E-state index in [2.05, 4.69) is 70.2 Å². The molecule has 0 bridgehead atoms. The van der Waals surface area contributed by atoms with Gasteiger partial charge in [-0.2, -0.15) is 0 Å². The topological polar surface area (TPSA) is 60.2 Å². The molecule has 162 valence electrons. The first-order valence-electron chi connectivity index (χ1n) is 10.8. The zero-order valence-electron chi connectivity index (χ0n) is 17.9. The second-order valence-electron chi connectivity index (χ2n) is 7.52. The molecule has 1 aromatic heterocycles. The lowest BCUT2D eigenvalue weighted by atomic mass is 10.1. The zero-order chi connectivity index (χ0) is 21.5. The maximum Gasteiger partial charge on any atom is 0.233 e. The quantitative estimate of drug-likeness (QED) is 0.505. The minimum absolute atomic E-state index is 0.120. The summed E-state index contributed by atoms with van der Waals surface area (Å²) >= 11 is 1.45. The van der Waals surface area contributed by atoms with Gasteiger partial charge in [-0.3, -0.25) is 9.36 Å². The fourth-order valence-electron chi connectivity index (χ4n) is 3.63. The predicted molar refractivity (Wildman–Crippen MR) is 123 cm³/mol. The molecule has 1 saturated heterocycles. The average Bonchev–Trinajstić information content (AvgIpc) is 3.25. The van der Waals surface area contributed by atoms with Gasteiger partial charge in [0.2, 0.25) is 5.91 Å². The Bertz CT molecular complexity index is 983. The van der Waals surface area contributed by atoms with Crippen molar-refractivity contribution in [2.24, 2.45) is 0 Å². The van der Waals surface area contributed by atoms with Crippen molar-refractivity contribution in [3.05, 3.63) is 71.5 Å². The van der Waals surface area contributed by atoms with Gasteiger partial charge >= 0.3 is 0 Å². The van der Waals surface area contributed by atoms with Crippen LogP contribution in [0.5, 0.6) is 0 Å². The zero-order valence-corrected chi connectivity index (χ0v) is 18.7. The van der Waals surface area contributed by atoms with E-state index < -0.39 is 0 Å². The van der Waals surface area contributed by atoms with Crippen LogP contribution in [0, 0.1) is 0 Å². The standard InChI is InChI=1S/C24H28N4O2S/c1-2-19-8-11-21(12-9-19)28-22(13-10-20-6-4-3-5-7-20)25-26-24(28)31-18-23(29)27-14-16-30-17-15-27/h3-9,11-12H,2,10,13-18H2,1H3. The molecule has 0 aliphatic carbocycles. The number of amides is 1. The lowest BCUT2D eigenvalue weighted by Crippen LogP contribution is -2.41. The van der Waals surface area contributed by atoms with Crippen LogP contribution in [0.2, 0.25) is 0 Å². The Kier molecular flexibility index (Phi) is 7.38. The Morgan fingerprint density at radius 1 is 0.968 bits per heavy atom. The molecule has 4 rings (SSSR count). The molecule has 0 N–H and O–H groups in total. The molecule has 0 saturated carbocycles. The van der Waals surface area contributed by atoms with Gasteiger partial charge in [0.25, 0.3) is 0 Å². The van der Waals surface area contributed by atoms with Crippen LogP contribution in [0.25, 0.3) is 5.69 Å². The first-order chi connectivity index (χ1) is 15.2. The van der Waals surface area contributed by atoms with Crippen molar-refractivity contribution in [2.75, 3.05) is 32.1 Å². The van der Waals surface area contributed by atoms with Crippen LogP contribution < -0.4 is 0 Å². The van der Waals surface area contributed by atoms with Crippen LogP contribution in [-0.2, 0) is 28.8 Å². The second-order valence-corrected chi connectivity index (χ2v) is 8.46. The van der Waals surface area contributed by atoms with Gasteiger partial charge in [0.15, 0.2) is 5.16 Å². The van der Waals surface area contributed by atoms with Gasteiger partial charge in [-0.05, 0) is 36.1 Å². The first-order valence-corrected chi connectivity index (χ1v) is 11.8. The smallest absolute Gasteiger partial charge is 0.233 e. The van der Waals surface area contributed by atoms with Crippen LogP contribution in [-0.4, -0.2) is 57.6 Å². The third-order valence-electron chi connectivity index (χ3n) is 5.47. The summed E-state index contributed by atoms with van der Waals surface area (Å²) in [6.45, 7) is 4.69. The molecule has 31 heavy (non-hydrogen) atoms. The number of rotatable bonds is 8.